The van der Waals surface area contributed by atoms with Gasteiger partial charge in [-0.2, -0.15) is 0 Å². The van der Waals surface area contributed by atoms with Crippen LogP contribution in [-0.4, -0.2) is 24.0 Å². The molecule has 0 saturated carbocycles. The van der Waals surface area contributed by atoms with E-state index in [0.717, 1.165) is 5.56 Å². The minimum absolute atomic E-state index is 0.0306. The van der Waals surface area contributed by atoms with E-state index in [1.165, 1.54) is 23.0 Å². The number of benzene rings is 2. The van der Waals surface area contributed by atoms with Crippen LogP contribution in [0.1, 0.15) is 42.3 Å². The van der Waals surface area contributed by atoms with Gasteiger partial charge in [0.2, 0.25) is 0 Å². The predicted octanol–water partition coefficient (Wildman–Crippen LogP) is 3.00. The van der Waals surface area contributed by atoms with Crippen molar-refractivity contribution in [3.63, 3.8) is 0 Å². The Bertz CT molecular complexity index is 1260. The third-order valence-electron chi connectivity index (χ3n) is 4.84. The molecule has 1 aliphatic heterocycles. The van der Waals surface area contributed by atoms with Crippen LogP contribution in [0.2, 0.25) is 0 Å². The van der Waals surface area contributed by atoms with Crippen molar-refractivity contribution in [3.05, 3.63) is 78.7 Å². The third-order valence-corrected chi connectivity index (χ3v) is 5.81. The summed E-state index contributed by atoms with van der Waals surface area (Å²) in [7, 11) is 0. The second-order valence-corrected chi connectivity index (χ2v) is 9.25. The molecule has 1 N–H and O–H groups in total. The van der Waals surface area contributed by atoms with Crippen LogP contribution in [0, 0.1) is 0 Å². The highest BCUT2D eigenvalue weighted by atomic mass is 32.1. The molecule has 0 saturated heterocycles. The van der Waals surface area contributed by atoms with E-state index in [2.05, 4.69) is 25.8 Å². The van der Waals surface area contributed by atoms with E-state index < -0.39 is 0 Å². The Morgan fingerprint density at radius 1 is 1.03 bits per heavy atom. The fraction of sp³-hybridized carbons (Fsp3) is 0.250. The number of Topliss-reactive ketones (excluding diaryl/α,β-unsaturated/α-hetero) is 1. The minimum Gasteiger partial charge on any atom is -0.486 e. The lowest BCUT2D eigenvalue weighted by Crippen LogP contribution is -2.20. The summed E-state index contributed by atoms with van der Waals surface area (Å²) < 4.78 is 12.2. The van der Waals surface area contributed by atoms with Gasteiger partial charge in [0.1, 0.15) is 13.2 Å². The molecule has 0 aliphatic carbocycles. The molecule has 2 heterocycles. The lowest BCUT2D eigenvalue weighted by Gasteiger charge is -2.18. The van der Waals surface area contributed by atoms with Crippen LogP contribution >= 0.6 is 11.3 Å². The zero-order valence-corrected chi connectivity index (χ0v) is 18.0. The number of rotatable bonds is 3. The Kier molecular flexibility index (Phi) is 5.35. The van der Waals surface area contributed by atoms with Gasteiger partial charge >= 0.3 is 0 Å². The molecule has 0 bridgehead atoms. The van der Waals surface area contributed by atoms with Gasteiger partial charge < -0.3 is 14.5 Å². The minimum atomic E-state index is -0.225. The zero-order chi connectivity index (χ0) is 21.3. The topological polar surface area (TPSA) is 68.4 Å². The van der Waals surface area contributed by atoms with Gasteiger partial charge in [0.05, 0.1) is 9.20 Å². The van der Waals surface area contributed by atoms with Gasteiger partial charge in [-0.05, 0) is 34.8 Å². The van der Waals surface area contributed by atoms with E-state index >= 15 is 0 Å². The van der Waals surface area contributed by atoms with Crippen LogP contribution in [-0.2, 0) is 5.41 Å². The highest BCUT2D eigenvalue weighted by molar-refractivity contribution is 7.07. The number of nitrogens with one attached hydrogen (secondary N) is 1. The van der Waals surface area contributed by atoms with Crippen LogP contribution in [0.3, 0.4) is 0 Å². The highest BCUT2D eigenvalue weighted by Gasteiger charge is 2.14. The van der Waals surface area contributed by atoms with E-state index in [9.17, 15) is 9.59 Å². The fourth-order valence-electron chi connectivity index (χ4n) is 3.16. The first-order chi connectivity index (χ1) is 14.3. The molecule has 6 heteroatoms. The van der Waals surface area contributed by atoms with Gasteiger partial charge in [-0.15, -0.1) is 11.3 Å². The molecule has 0 radical (unpaired) electrons. The third kappa shape index (κ3) is 4.39. The summed E-state index contributed by atoms with van der Waals surface area (Å²) in [5.74, 6) is 1.23. The van der Waals surface area contributed by atoms with E-state index in [1.807, 2.05) is 42.5 Å². The van der Waals surface area contributed by atoms with Crippen molar-refractivity contribution in [1.82, 2.24) is 4.98 Å². The molecular formula is C24H23NO4S. The molecule has 1 aliphatic rings. The van der Waals surface area contributed by atoms with Crippen molar-refractivity contribution in [3.8, 4) is 11.5 Å². The second kappa shape index (κ2) is 7.95. The van der Waals surface area contributed by atoms with Crippen LogP contribution in [0.5, 0.6) is 11.5 Å². The molecule has 0 spiro atoms. The smallest absolute Gasteiger partial charge is 0.266 e. The van der Waals surface area contributed by atoms with E-state index in [4.69, 9.17) is 9.47 Å². The van der Waals surface area contributed by atoms with Gasteiger partial charge in [-0.3, -0.25) is 9.59 Å². The summed E-state index contributed by atoms with van der Waals surface area (Å²) >= 11 is 1.25. The van der Waals surface area contributed by atoms with Crippen LogP contribution in [0.4, 0.5) is 0 Å². The molecule has 0 amide bonds. The molecule has 3 aromatic rings. The quantitative estimate of drug-likeness (QED) is 0.660. The molecule has 4 rings (SSSR count). The maximum Gasteiger partial charge on any atom is 0.266 e. The molecule has 0 atom stereocenters. The lowest BCUT2D eigenvalue weighted by molar-refractivity contribution is 0.106. The standard InChI is InChI=1S/C24H23NO4S/c1-24(2,3)17-7-5-16(6-8-17)18(26)14-22-25-23(27)21(30-22)13-15-4-9-19-20(12-15)29-11-10-28-19/h4-9,12-14H,10-11H2,1-3H3,(H,25,27). The van der Waals surface area contributed by atoms with Gasteiger partial charge in [0, 0.05) is 11.6 Å². The van der Waals surface area contributed by atoms with E-state index in [1.54, 1.807) is 6.08 Å². The molecule has 30 heavy (non-hydrogen) atoms. The number of hydrogen-bond donors (Lipinski definition) is 1. The van der Waals surface area contributed by atoms with E-state index in [-0.39, 0.29) is 16.8 Å². The maximum absolute atomic E-state index is 12.6. The largest absolute Gasteiger partial charge is 0.486 e. The average molecular weight is 422 g/mol. The summed E-state index contributed by atoms with van der Waals surface area (Å²) in [5, 5.41) is 0. The molecule has 1 aromatic heterocycles. The van der Waals surface area contributed by atoms with E-state index in [0.29, 0.717) is 39.5 Å². The SMILES string of the molecule is CC(C)(C)c1ccc(C(=O)C=c2[nH]c(=O)c(=Cc3ccc4c(c3)OCCO4)s2)cc1. The van der Waals surface area contributed by atoms with Crippen molar-refractivity contribution in [2.75, 3.05) is 13.2 Å². The van der Waals surface area contributed by atoms with Gasteiger partial charge in [0.25, 0.3) is 5.56 Å². The number of hydrogen-bond acceptors (Lipinski definition) is 5. The molecule has 0 fully saturated rings. The molecule has 0 unspecified atom stereocenters. The first-order valence-corrected chi connectivity index (χ1v) is 10.6. The lowest BCUT2D eigenvalue weighted by atomic mass is 9.86. The molecule has 2 aromatic carbocycles. The Balaban J connectivity index is 1.62. The van der Waals surface area contributed by atoms with Crippen LogP contribution in [0.25, 0.3) is 12.2 Å². The first kappa shape index (κ1) is 20.2. The zero-order valence-electron chi connectivity index (χ0n) is 17.2. The number of thiazole rings is 1. The van der Waals surface area contributed by atoms with Crippen molar-refractivity contribution in [1.29, 1.82) is 0 Å². The summed E-state index contributed by atoms with van der Waals surface area (Å²) in [6.45, 7) is 7.44. The normalized spacial score (nSPS) is 14.8. The van der Waals surface area contributed by atoms with Crippen LogP contribution in [0.15, 0.2) is 47.3 Å². The number of carbonyl (C=O) groups excluding carboxylic acids is 1. The second-order valence-electron chi connectivity index (χ2n) is 8.17. The number of aromatic nitrogens is 1. The van der Waals surface area contributed by atoms with Crippen molar-refractivity contribution in [2.45, 2.75) is 26.2 Å². The number of fused-ring (bicyclic) bond motifs is 1. The number of H-pyrrole nitrogens is 1. The number of ketones is 1. The van der Waals surface area contributed by atoms with Gasteiger partial charge in [-0.25, -0.2) is 0 Å². The monoisotopic (exact) mass is 421 g/mol. The fourth-order valence-corrected chi connectivity index (χ4v) is 4.05. The van der Waals surface area contributed by atoms with Crippen LogP contribution < -0.4 is 24.2 Å². The highest BCUT2D eigenvalue weighted by Crippen LogP contribution is 2.30. The maximum atomic E-state index is 12.6. The van der Waals surface area contributed by atoms with Crippen molar-refractivity contribution >= 4 is 29.3 Å². The summed E-state index contributed by atoms with van der Waals surface area (Å²) in [6, 6.07) is 13.1. The van der Waals surface area contributed by atoms with Crippen molar-refractivity contribution in [2.24, 2.45) is 0 Å². The molecular weight excluding hydrogens is 398 g/mol. The van der Waals surface area contributed by atoms with Gasteiger partial charge in [-0.1, -0.05) is 51.1 Å². The van der Waals surface area contributed by atoms with Crippen molar-refractivity contribution < 1.29 is 14.3 Å². The average Bonchev–Trinajstić information content (AvgIpc) is 3.06. The number of aromatic amines is 1. The molecule has 154 valence electrons. The Morgan fingerprint density at radius 2 is 1.73 bits per heavy atom. The predicted molar refractivity (Wildman–Crippen MR) is 119 cm³/mol. The number of carbonyl (C=O) groups is 1. The first-order valence-electron chi connectivity index (χ1n) is 9.77. The summed E-state index contributed by atoms with van der Waals surface area (Å²) in [5.41, 5.74) is 2.40. The molecule has 5 nitrogen and oxygen atoms in total. The summed E-state index contributed by atoms with van der Waals surface area (Å²) in [4.78, 5) is 27.7. The Labute approximate surface area is 178 Å². The Morgan fingerprint density at radius 3 is 2.43 bits per heavy atom. The number of ether oxygens (including phenoxy) is 2. The Hall–Kier alpha value is -3.12. The van der Waals surface area contributed by atoms with Gasteiger partial charge in [0.15, 0.2) is 17.3 Å². The summed E-state index contributed by atoms with van der Waals surface area (Å²) in [6.07, 6.45) is 3.25.